The molecule has 1 aromatic carbocycles. The van der Waals surface area contributed by atoms with Crippen molar-refractivity contribution in [3.8, 4) is 0 Å². The van der Waals surface area contributed by atoms with Crippen molar-refractivity contribution in [2.24, 2.45) is 0 Å². The van der Waals surface area contributed by atoms with E-state index in [-0.39, 0.29) is 6.61 Å². The van der Waals surface area contributed by atoms with Gasteiger partial charge in [-0.15, -0.1) is 0 Å². The third-order valence-electron chi connectivity index (χ3n) is 2.89. The third kappa shape index (κ3) is 3.09. The van der Waals surface area contributed by atoms with Crippen LogP contribution < -0.4 is 0 Å². The van der Waals surface area contributed by atoms with Gasteiger partial charge in [-0.2, -0.15) is 0 Å². The van der Waals surface area contributed by atoms with Crippen LogP contribution >= 0.6 is 0 Å². The Labute approximate surface area is 109 Å². The lowest BCUT2D eigenvalue weighted by atomic mass is 10.2. The molecule has 0 radical (unpaired) electrons. The van der Waals surface area contributed by atoms with E-state index in [4.69, 9.17) is 14.2 Å². The van der Waals surface area contributed by atoms with Crippen LogP contribution in [-0.4, -0.2) is 49.5 Å². The Morgan fingerprint density at radius 3 is 2.68 bits per heavy atom. The van der Waals surface area contributed by atoms with Gasteiger partial charge in [-0.3, -0.25) is 0 Å². The zero-order chi connectivity index (χ0) is 13.8. The first-order chi connectivity index (χ1) is 9.13. The van der Waals surface area contributed by atoms with Crippen molar-refractivity contribution in [1.29, 1.82) is 0 Å². The van der Waals surface area contributed by atoms with Gasteiger partial charge in [0.25, 0.3) is 0 Å². The van der Waals surface area contributed by atoms with Gasteiger partial charge >= 0.3 is 5.97 Å². The number of esters is 1. The quantitative estimate of drug-likeness (QED) is 0.824. The van der Waals surface area contributed by atoms with Crippen molar-refractivity contribution in [1.82, 2.24) is 0 Å². The predicted molar refractivity (Wildman–Crippen MR) is 63.3 cm³/mol. The van der Waals surface area contributed by atoms with E-state index in [1.807, 2.05) is 0 Å². The highest BCUT2D eigenvalue weighted by molar-refractivity contribution is 5.89. The number of benzene rings is 1. The minimum Gasteiger partial charge on any atom is -0.459 e. The first kappa shape index (κ1) is 13.9. The summed E-state index contributed by atoms with van der Waals surface area (Å²) in [7, 11) is 1.30. The number of carbonyl (C=O) groups is 1. The molecular weight excluding hydrogens is 255 g/mol. The zero-order valence-electron chi connectivity index (χ0n) is 10.4. The van der Waals surface area contributed by atoms with Crippen molar-refractivity contribution in [2.45, 2.75) is 24.7 Å². The van der Waals surface area contributed by atoms with E-state index in [1.165, 1.54) is 7.11 Å². The molecule has 2 rings (SSSR count). The Kier molecular flexibility index (Phi) is 4.47. The van der Waals surface area contributed by atoms with Gasteiger partial charge in [-0.25, -0.2) is 9.18 Å². The highest BCUT2D eigenvalue weighted by Crippen LogP contribution is 2.24. The monoisotopic (exact) mass is 270 g/mol. The summed E-state index contributed by atoms with van der Waals surface area (Å²) in [4.78, 5) is 11.6. The summed E-state index contributed by atoms with van der Waals surface area (Å²) in [5.41, 5.74) is 0.375. The maximum atomic E-state index is 13.6. The molecule has 0 amide bonds. The maximum absolute atomic E-state index is 13.6. The summed E-state index contributed by atoms with van der Waals surface area (Å²) in [5.74, 6) is -0.563. The number of alkyl halides is 1. The number of hydrogen-bond donors (Lipinski definition) is 1. The Balaban J connectivity index is 1.88. The second-order valence-electron chi connectivity index (χ2n) is 4.18. The van der Waals surface area contributed by atoms with E-state index >= 15 is 0 Å². The van der Waals surface area contributed by atoms with Crippen molar-refractivity contribution in [3.05, 3.63) is 35.9 Å². The number of rotatable bonds is 4. The molecule has 1 N–H and O–H groups in total. The average Bonchev–Trinajstić information content (AvgIpc) is 2.73. The normalized spacial score (nSPS) is 30.3. The Morgan fingerprint density at radius 2 is 2.11 bits per heavy atom. The van der Waals surface area contributed by atoms with Crippen molar-refractivity contribution < 1.29 is 28.5 Å². The van der Waals surface area contributed by atoms with Crippen molar-refractivity contribution in [3.63, 3.8) is 0 Å². The summed E-state index contributed by atoms with van der Waals surface area (Å²) >= 11 is 0. The Bertz CT molecular complexity index is 424. The topological polar surface area (TPSA) is 65.0 Å². The number of hydrogen-bond acceptors (Lipinski definition) is 5. The minimum atomic E-state index is -1.64. The fourth-order valence-corrected chi connectivity index (χ4v) is 1.84. The molecule has 19 heavy (non-hydrogen) atoms. The lowest BCUT2D eigenvalue weighted by molar-refractivity contribution is -0.153. The molecule has 104 valence electrons. The van der Waals surface area contributed by atoms with Crippen LogP contribution in [0.4, 0.5) is 4.39 Å². The van der Waals surface area contributed by atoms with E-state index in [2.05, 4.69) is 0 Å². The molecule has 1 aromatic rings. The van der Waals surface area contributed by atoms with Gasteiger partial charge in [0.2, 0.25) is 0 Å². The number of methoxy groups -OCH3 is 1. The van der Waals surface area contributed by atoms with E-state index in [0.717, 1.165) is 0 Å². The van der Waals surface area contributed by atoms with Crippen molar-refractivity contribution in [2.75, 3.05) is 13.7 Å². The van der Waals surface area contributed by atoms with E-state index in [1.54, 1.807) is 30.3 Å². The Hall–Kier alpha value is -1.50. The molecule has 0 bridgehead atoms. The standard InChI is InChI=1S/C13H15FO5/c1-17-13-11(15)10(14)9(19-13)7-18-12(16)8-5-3-2-4-6-8/h2-6,9-11,13,15H,7H2,1H3/t9-,10?,11+,13+/m1/s1. The second kappa shape index (κ2) is 6.10. The smallest absolute Gasteiger partial charge is 0.338 e. The van der Waals surface area contributed by atoms with Gasteiger partial charge < -0.3 is 19.3 Å². The summed E-state index contributed by atoms with van der Waals surface area (Å²) < 4.78 is 28.4. The molecule has 0 spiro atoms. The summed E-state index contributed by atoms with van der Waals surface area (Å²) in [5, 5.41) is 9.44. The molecular formula is C13H15FO5. The first-order valence-electron chi connectivity index (χ1n) is 5.86. The van der Waals surface area contributed by atoms with Gasteiger partial charge in [0, 0.05) is 7.11 Å². The average molecular weight is 270 g/mol. The van der Waals surface area contributed by atoms with Crippen LogP contribution in [0.5, 0.6) is 0 Å². The largest absolute Gasteiger partial charge is 0.459 e. The van der Waals surface area contributed by atoms with E-state index < -0.39 is 30.6 Å². The lowest BCUT2D eigenvalue weighted by Crippen LogP contribution is -2.31. The number of ether oxygens (including phenoxy) is 3. The fourth-order valence-electron chi connectivity index (χ4n) is 1.84. The molecule has 6 heteroatoms. The van der Waals surface area contributed by atoms with Crippen LogP contribution in [0.25, 0.3) is 0 Å². The van der Waals surface area contributed by atoms with Crippen LogP contribution in [0.3, 0.4) is 0 Å². The molecule has 5 nitrogen and oxygen atoms in total. The molecule has 4 atom stereocenters. The summed E-state index contributed by atoms with van der Waals surface area (Å²) in [6.45, 7) is -0.272. The number of halogens is 1. The second-order valence-corrected chi connectivity index (χ2v) is 4.18. The summed E-state index contributed by atoms with van der Waals surface area (Å²) in [6.07, 6.45) is -5.07. The molecule has 1 aliphatic rings. The molecule has 1 unspecified atom stereocenters. The van der Waals surface area contributed by atoms with Gasteiger partial charge in [-0.05, 0) is 12.1 Å². The number of aliphatic hydroxyl groups is 1. The number of aliphatic hydroxyl groups excluding tert-OH is 1. The third-order valence-corrected chi connectivity index (χ3v) is 2.89. The zero-order valence-corrected chi connectivity index (χ0v) is 10.4. The van der Waals surface area contributed by atoms with Gasteiger partial charge in [0.05, 0.1) is 5.56 Å². The van der Waals surface area contributed by atoms with Crippen LogP contribution in [0, 0.1) is 0 Å². The van der Waals surface area contributed by atoms with Crippen LogP contribution in [0.2, 0.25) is 0 Å². The fraction of sp³-hybridized carbons (Fsp3) is 0.462. The van der Waals surface area contributed by atoms with E-state index in [9.17, 15) is 14.3 Å². The molecule has 0 aliphatic carbocycles. The highest BCUT2D eigenvalue weighted by Gasteiger charge is 2.45. The summed E-state index contributed by atoms with van der Waals surface area (Å²) in [6, 6.07) is 8.36. The molecule has 0 aromatic heterocycles. The van der Waals surface area contributed by atoms with Crippen LogP contribution in [-0.2, 0) is 14.2 Å². The first-order valence-corrected chi connectivity index (χ1v) is 5.86. The minimum absolute atomic E-state index is 0.272. The lowest BCUT2D eigenvalue weighted by Gasteiger charge is -2.13. The van der Waals surface area contributed by atoms with Crippen LogP contribution in [0.1, 0.15) is 10.4 Å². The molecule has 1 fully saturated rings. The molecule has 0 saturated carbocycles. The maximum Gasteiger partial charge on any atom is 0.338 e. The van der Waals surface area contributed by atoms with Crippen LogP contribution in [0.15, 0.2) is 30.3 Å². The molecule has 1 heterocycles. The molecule has 1 aliphatic heterocycles. The van der Waals surface area contributed by atoms with Gasteiger partial charge in [-0.1, -0.05) is 18.2 Å². The van der Waals surface area contributed by atoms with Gasteiger partial charge in [0.15, 0.2) is 12.5 Å². The SMILES string of the molecule is CO[C@H]1O[C@H](COC(=O)c2ccccc2)C(F)[C@@H]1O. The molecule has 1 saturated heterocycles. The highest BCUT2D eigenvalue weighted by atomic mass is 19.1. The number of carbonyl (C=O) groups excluding carboxylic acids is 1. The van der Waals surface area contributed by atoms with Crippen molar-refractivity contribution >= 4 is 5.97 Å². The Morgan fingerprint density at radius 1 is 1.42 bits per heavy atom. The predicted octanol–water partition coefficient (Wildman–Crippen LogP) is 0.914. The van der Waals surface area contributed by atoms with E-state index in [0.29, 0.717) is 5.56 Å². The van der Waals surface area contributed by atoms with Gasteiger partial charge in [0.1, 0.15) is 18.8 Å².